The Morgan fingerprint density at radius 1 is 1.42 bits per heavy atom. The van der Waals surface area contributed by atoms with Gasteiger partial charge in [-0.15, -0.1) is 0 Å². The monoisotopic (exact) mass is 258 g/mol. The summed E-state index contributed by atoms with van der Waals surface area (Å²) >= 11 is 0. The Labute approximate surface area is 112 Å². The fourth-order valence-electron chi connectivity index (χ4n) is 1.88. The second kappa shape index (κ2) is 5.65. The third-order valence-corrected chi connectivity index (χ3v) is 3.05. The molecule has 2 rings (SSSR count). The second-order valence-electron chi connectivity index (χ2n) is 4.57. The minimum Gasteiger partial charge on any atom is -0.398 e. The zero-order chi connectivity index (χ0) is 13.8. The lowest BCUT2D eigenvalue weighted by Crippen LogP contribution is -2.12. The van der Waals surface area contributed by atoms with Gasteiger partial charge in [0.2, 0.25) is 0 Å². The standard InChI is InChI=1S/C14H18N4O/c1-3-6-18-14(16-9-17-18)8-13(19)11-5-4-10(2)12(15)7-11/h4-5,7,9H,3,6,8,15H2,1-2H3. The molecule has 0 aliphatic rings. The summed E-state index contributed by atoms with van der Waals surface area (Å²) in [6.07, 6.45) is 2.70. The van der Waals surface area contributed by atoms with E-state index in [0.717, 1.165) is 18.5 Å². The number of anilines is 1. The molecule has 2 N–H and O–H groups in total. The van der Waals surface area contributed by atoms with Crippen LogP contribution in [0.15, 0.2) is 24.5 Å². The highest BCUT2D eigenvalue weighted by atomic mass is 16.1. The molecule has 0 aliphatic heterocycles. The van der Waals surface area contributed by atoms with Gasteiger partial charge in [-0.3, -0.25) is 4.79 Å². The Morgan fingerprint density at radius 2 is 2.21 bits per heavy atom. The van der Waals surface area contributed by atoms with Crippen molar-refractivity contribution < 1.29 is 4.79 Å². The van der Waals surface area contributed by atoms with E-state index >= 15 is 0 Å². The van der Waals surface area contributed by atoms with E-state index in [4.69, 9.17) is 5.73 Å². The molecule has 5 nitrogen and oxygen atoms in total. The van der Waals surface area contributed by atoms with Gasteiger partial charge in [0, 0.05) is 17.8 Å². The molecule has 0 spiro atoms. The van der Waals surface area contributed by atoms with Crippen LogP contribution in [-0.4, -0.2) is 20.5 Å². The minimum absolute atomic E-state index is 0.0112. The lowest BCUT2D eigenvalue weighted by atomic mass is 10.0. The van der Waals surface area contributed by atoms with E-state index in [1.807, 2.05) is 13.0 Å². The topological polar surface area (TPSA) is 73.8 Å². The van der Waals surface area contributed by atoms with Crippen LogP contribution in [0.1, 0.15) is 35.1 Å². The van der Waals surface area contributed by atoms with E-state index in [0.29, 0.717) is 17.1 Å². The van der Waals surface area contributed by atoms with Crippen LogP contribution in [0.5, 0.6) is 0 Å². The molecule has 0 saturated carbocycles. The summed E-state index contributed by atoms with van der Waals surface area (Å²) in [6.45, 7) is 4.76. The van der Waals surface area contributed by atoms with Gasteiger partial charge < -0.3 is 5.73 Å². The highest BCUT2D eigenvalue weighted by molar-refractivity contribution is 5.98. The smallest absolute Gasteiger partial charge is 0.170 e. The van der Waals surface area contributed by atoms with Gasteiger partial charge in [-0.05, 0) is 25.0 Å². The number of rotatable bonds is 5. The third kappa shape index (κ3) is 2.99. The molecule has 5 heteroatoms. The van der Waals surface area contributed by atoms with Gasteiger partial charge in [0.15, 0.2) is 5.78 Å². The van der Waals surface area contributed by atoms with Crippen molar-refractivity contribution in [3.63, 3.8) is 0 Å². The lowest BCUT2D eigenvalue weighted by molar-refractivity contribution is 0.0989. The molecular formula is C14H18N4O. The number of carbonyl (C=O) groups excluding carboxylic acids is 1. The molecule has 2 aromatic rings. The molecule has 0 amide bonds. The summed E-state index contributed by atoms with van der Waals surface area (Å²) in [5.74, 6) is 0.711. The summed E-state index contributed by atoms with van der Waals surface area (Å²) in [7, 11) is 0. The SMILES string of the molecule is CCCn1ncnc1CC(=O)c1ccc(C)c(N)c1. The average molecular weight is 258 g/mol. The van der Waals surface area contributed by atoms with Crippen LogP contribution in [0.25, 0.3) is 0 Å². The number of nitrogen functional groups attached to an aromatic ring is 1. The quantitative estimate of drug-likeness (QED) is 0.657. The number of Topliss-reactive ketones (excluding diaryl/α,β-unsaturated/α-hetero) is 1. The minimum atomic E-state index is 0.0112. The maximum absolute atomic E-state index is 12.2. The number of nitrogens with zero attached hydrogens (tertiary/aromatic N) is 3. The number of ketones is 1. The molecular weight excluding hydrogens is 240 g/mol. The number of hydrogen-bond donors (Lipinski definition) is 1. The maximum atomic E-state index is 12.2. The third-order valence-electron chi connectivity index (χ3n) is 3.05. The summed E-state index contributed by atoms with van der Waals surface area (Å²) in [6, 6.07) is 5.38. The van der Waals surface area contributed by atoms with Gasteiger partial charge in [-0.2, -0.15) is 5.10 Å². The van der Waals surface area contributed by atoms with Gasteiger partial charge in [-0.25, -0.2) is 9.67 Å². The number of hydrogen-bond acceptors (Lipinski definition) is 4. The fourth-order valence-corrected chi connectivity index (χ4v) is 1.88. The first kappa shape index (κ1) is 13.3. The van der Waals surface area contributed by atoms with E-state index in [2.05, 4.69) is 17.0 Å². The molecule has 1 aromatic heterocycles. The fraction of sp³-hybridized carbons (Fsp3) is 0.357. The molecule has 100 valence electrons. The summed E-state index contributed by atoms with van der Waals surface area (Å²) in [5, 5.41) is 4.11. The normalized spacial score (nSPS) is 10.6. The van der Waals surface area contributed by atoms with Crippen LogP contribution in [-0.2, 0) is 13.0 Å². The Hall–Kier alpha value is -2.17. The Morgan fingerprint density at radius 3 is 2.89 bits per heavy atom. The number of aryl methyl sites for hydroxylation is 2. The van der Waals surface area contributed by atoms with E-state index in [-0.39, 0.29) is 12.2 Å². The predicted molar refractivity (Wildman–Crippen MR) is 73.9 cm³/mol. The molecule has 0 saturated heterocycles. The lowest BCUT2D eigenvalue weighted by Gasteiger charge is -2.06. The molecule has 19 heavy (non-hydrogen) atoms. The van der Waals surface area contributed by atoms with Crippen molar-refractivity contribution in [2.45, 2.75) is 33.2 Å². The molecule has 0 atom stereocenters. The number of nitrogens with two attached hydrogens (primary N) is 1. The van der Waals surface area contributed by atoms with Crippen LogP contribution in [0, 0.1) is 6.92 Å². The van der Waals surface area contributed by atoms with Crippen LogP contribution < -0.4 is 5.73 Å². The first-order valence-corrected chi connectivity index (χ1v) is 6.37. The average Bonchev–Trinajstić information content (AvgIpc) is 2.80. The Bertz CT molecular complexity index is 589. The second-order valence-corrected chi connectivity index (χ2v) is 4.57. The number of carbonyl (C=O) groups is 1. The molecule has 0 fully saturated rings. The molecule has 0 bridgehead atoms. The van der Waals surface area contributed by atoms with E-state index in [1.165, 1.54) is 6.33 Å². The summed E-state index contributed by atoms with van der Waals surface area (Å²) in [4.78, 5) is 16.3. The highest BCUT2D eigenvalue weighted by Gasteiger charge is 2.12. The molecule has 0 unspecified atom stereocenters. The molecule has 0 aliphatic carbocycles. The van der Waals surface area contributed by atoms with Crippen molar-refractivity contribution in [3.05, 3.63) is 41.5 Å². The van der Waals surface area contributed by atoms with Crippen LogP contribution >= 0.6 is 0 Å². The first-order valence-electron chi connectivity index (χ1n) is 6.37. The van der Waals surface area contributed by atoms with Crippen molar-refractivity contribution in [1.29, 1.82) is 0 Å². The van der Waals surface area contributed by atoms with E-state index in [1.54, 1.807) is 16.8 Å². The van der Waals surface area contributed by atoms with Crippen molar-refractivity contribution >= 4 is 11.5 Å². The van der Waals surface area contributed by atoms with E-state index in [9.17, 15) is 4.79 Å². The van der Waals surface area contributed by atoms with E-state index < -0.39 is 0 Å². The van der Waals surface area contributed by atoms with Gasteiger partial charge in [-0.1, -0.05) is 19.1 Å². The highest BCUT2D eigenvalue weighted by Crippen LogP contribution is 2.14. The Kier molecular flexibility index (Phi) is 3.94. The van der Waals surface area contributed by atoms with Crippen molar-refractivity contribution in [3.8, 4) is 0 Å². The molecule has 1 aromatic carbocycles. The van der Waals surface area contributed by atoms with Gasteiger partial charge >= 0.3 is 0 Å². The zero-order valence-corrected chi connectivity index (χ0v) is 11.3. The molecule has 0 radical (unpaired) electrons. The number of aromatic nitrogens is 3. The predicted octanol–water partition coefficient (Wildman–Crippen LogP) is 2.00. The molecule has 1 heterocycles. The van der Waals surface area contributed by atoms with Gasteiger partial charge in [0.25, 0.3) is 0 Å². The van der Waals surface area contributed by atoms with Crippen molar-refractivity contribution in [2.24, 2.45) is 0 Å². The van der Waals surface area contributed by atoms with Crippen LogP contribution in [0.4, 0.5) is 5.69 Å². The van der Waals surface area contributed by atoms with Crippen LogP contribution in [0.3, 0.4) is 0 Å². The number of benzene rings is 1. The summed E-state index contributed by atoms with van der Waals surface area (Å²) in [5.41, 5.74) is 8.06. The first-order chi connectivity index (χ1) is 9.11. The van der Waals surface area contributed by atoms with Gasteiger partial charge in [0.1, 0.15) is 12.2 Å². The van der Waals surface area contributed by atoms with Crippen LogP contribution in [0.2, 0.25) is 0 Å². The zero-order valence-electron chi connectivity index (χ0n) is 11.3. The Balaban J connectivity index is 2.16. The van der Waals surface area contributed by atoms with Crippen molar-refractivity contribution in [1.82, 2.24) is 14.8 Å². The summed E-state index contributed by atoms with van der Waals surface area (Å²) < 4.78 is 1.77. The largest absolute Gasteiger partial charge is 0.398 e. The van der Waals surface area contributed by atoms with Crippen molar-refractivity contribution in [2.75, 3.05) is 5.73 Å². The maximum Gasteiger partial charge on any atom is 0.170 e. The van der Waals surface area contributed by atoms with Gasteiger partial charge in [0.05, 0.1) is 6.42 Å².